The number of nitrogens with one attached hydrogen (secondary N) is 1. The third-order valence-corrected chi connectivity index (χ3v) is 3.27. The molecular formula is C5H10NO2S. The van der Waals surface area contributed by atoms with Gasteiger partial charge in [-0.25, -0.2) is 8.42 Å². The van der Waals surface area contributed by atoms with Gasteiger partial charge in [0.05, 0.1) is 11.5 Å². The summed E-state index contributed by atoms with van der Waals surface area (Å²) in [6.45, 7) is 0. The molecule has 0 aromatic heterocycles. The van der Waals surface area contributed by atoms with E-state index in [1.54, 1.807) is 0 Å². The molecule has 1 heterocycles. The largest absolute Gasteiger partial charge is 0.254 e. The highest BCUT2D eigenvalue weighted by atomic mass is 32.2. The van der Waals surface area contributed by atoms with Gasteiger partial charge in [0.2, 0.25) is 0 Å². The van der Waals surface area contributed by atoms with Crippen molar-refractivity contribution < 1.29 is 8.42 Å². The van der Waals surface area contributed by atoms with Crippen LogP contribution >= 0.6 is 0 Å². The van der Waals surface area contributed by atoms with E-state index in [-0.39, 0.29) is 17.5 Å². The van der Waals surface area contributed by atoms with E-state index >= 15 is 0 Å². The minimum absolute atomic E-state index is 0.131. The Hall–Kier alpha value is -0.0900. The predicted molar refractivity (Wildman–Crippen MR) is 34.8 cm³/mol. The fourth-order valence-corrected chi connectivity index (χ4v) is 2.38. The van der Waals surface area contributed by atoms with Crippen molar-refractivity contribution in [1.82, 2.24) is 5.73 Å². The average molecular weight is 148 g/mol. The van der Waals surface area contributed by atoms with Crippen LogP contribution in [0.2, 0.25) is 0 Å². The lowest BCUT2D eigenvalue weighted by atomic mass is 10.2. The van der Waals surface area contributed by atoms with Gasteiger partial charge in [0.1, 0.15) is 9.84 Å². The van der Waals surface area contributed by atoms with Crippen molar-refractivity contribution in [2.24, 2.45) is 0 Å². The molecule has 1 aliphatic heterocycles. The van der Waals surface area contributed by atoms with Crippen LogP contribution < -0.4 is 5.73 Å². The van der Waals surface area contributed by atoms with Crippen molar-refractivity contribution in [3.8, 4) is 0 Å². The van der Waals surface area contributed by atoms with Crippen LogP contribution in [-0.2, 0) is 9.84 Å². The first-order chi connectivity index (χ1) is 4.10. The van der Waals surface area contributed by atoms with Crippen molar-refractivity contribution in [1.29, 1.82) is 0 Å². The quantitative estimate of drug-likeness (QED) is 0.479. The second-order valence-corrected chi connectivity index (χ2v) is 4.73. The lowest BCUT2D eigenvalue weighted by molar-refractivity contribution is 0.540. The second-order valence-electron chi connectivity index (χ2n) is 2.43. The zero-order valence-corrected chi connectivity index (χ0v) is 5.95. The van der Waals surface area contributed by atoms with E-state index in [0.717, 1.165) is 0 Å². The van der Waals surface area contributed by atoms with Gasteiger partial charge in [0, 0.05) is 6.04 Å². The molecule has 0 aliphatic carbocycles. The highest BCUT2D eigenvalue weighted by molar-refractivity contribution is 7.91. The molecule has 4 heteroatoms. The van der Waals surface area contributed by atoms with Gasteiger partial charge in [-0.1, -0.05) is 0 Å². The van der Waals surface area contributed by atoms with Crippen LogP contribution in [0.15, 0.2) is 0 Å². The van der Waals surface area contributed by atoms with Crippen LogP contribution in [0.3, 0.4) is 0 Å². The number of hydrogen-bond acceptors (Lipinski definition) is 2. The first-order valence-electron chi connectivity index (χ1n) is 3.02. The maximum absolute atomic E-state index is 10.7. The van der Waals surface area contributed by atoms with Gasteiger partial charge >= 0.3 is 0 Å². The van der Waals surface area contributed by atoms with Crippen molar-refractivity contribution in [3.05, 3.63) is 0 Å². The molecule has 1 radical (unpaired) electrons. The van der Waals surface area contributed by atoms with Crippen molar-refractivity contribution in [2.45, 2.75) is 18.9 Å². The summed E-state index contributed by atoms with van der Waals surface area (Å²) in [5.74, 6) is 0.447. The van der Waals surface area contributed by atoms with E-state index in [1.807, 2.05) is 0 Å². The molecule has 1 N–H and O–H groups in total. The van der Waals surface area contributed by atoms with Crippen molar-refractivity contribution in [2.75, 3.05) is 11.5 Å². The fourth-order valence-electron chi connectivity index (χ4n) is 0.890. The first kappa shape index (κ1) is 7.02. The van der Waals surface area contributed by atoms with Crippen LogP contribution in [0, 0.1) is 0 Å². The van der Waals surface area contributed by atoms with Gasteiger partial charge in [-0.15, -0.1) is 0 Å². The van der Waals surface area contributed by atoms with E-state index in [1.165, 1.54) is 0 Å². The van der Waals surface area contributed by atoms with Crippen molar-refractivity contribution in [3.63, 3.8) is 0 Å². The zero-order valence-electron chi connectivity index (χ0n) is 5.13. The number of rotatable bonds is 0. The lowest BCUT2D eigenvalue weighted by Gasteiger charge is -2.15. The molecule has 0 aromatic carbocycles. The van der Waals surface area contributed by atoms with Crippen LogP contribution in [0.5, 0.6) is 0 Å². The van der Waals surface area contributed by atoms with E-state index in [0.29, 0.717) is 12.8 Å². The minimum Gasteiger partial charge on any atom is -0.254 e. The van der Waals surface area contributed by atoms with Gasteiger partial charge in [0.15, 0.2) is 0 Å². The Labute approximate surface area is 55.2 Å². The van der Waals surface area contributed by atoms with Gasteiger partial charge in [-0.2, -0.15) is 0 Å². The average Bonchev–Trinajstić information content (AvgIpc) is 1.78. The minimum atomic E-state index is -2.74. The Morgan fingerprint density at radius 1 is 1.22 bits per heavy atom. The molecule has 9 heavy (non-hydrogen) atoms. The summed E-state index contributed by atoms with van der Waals surface area (Å²) in [5, 5.41) is 0. The van der Waals surface area contributed by atoms with E-state index < -0.39 is 9.84 Å². The molecule has 1 rings (SSSR count). The predicted octanol–water partition coefficient (Wildman–Crippen LogP) is -0.153. The van der Waals surface area contributed by atoms with E-state index in [4.69, 9.17) is 5.73 Å². The Balaban J connectivity index is 2.55. The zero-order chi connectivity index (χ0) is 6.91. The normalized spacial score (nSPS) is 28.1. The Kier molecular flexibility index (Phi) is 1.77. The summed E-state index contributed by atoms with van der Waals surface area (Å²) in [5.41, 5.74) is 7.18. The molecular weight excluding hydrogens is 138 g/mol. The Morgan fingerprint density at radius 2 is 1.67 bits per heavy atom. The lowest BCUT2D eigenvalue weighted by Crippen LogP contribution is -2.27. The van der Waals surface area contributed by atoms with Crippen LogP contribution in [0.4, 0.5) is 0 Å². The SMILES string of the molecule is [NH]C1CCS(=O)(=O)CC1. The third-order valence-electron chi connectivity index (χ3n) is 1.55. The molecule has 0 amide bonds. The fraction of sp³-hybridized carbons (Fsp3) is 1.00. The molecule has 1 aliphatic rings. The highest BCUT2D eigenvalue weighted by Crippen LogP contribution is 2.10. The molecule has 1 fully saturated rings. The Bertz CT molecular complexity index is 171. The van der Waals surface area contributed by atoms with E-state index in [2.05, 4.69) is 0 Å². The maximum Gasteiger partial charge on any atom is 0.150 e. The smallest absolute Gasteiger partial charge is 0.150 e. The first-order valence-corrected chi connectivity index (χ1v) is 4.84. The third kappa shape index (κ3) is 1.95. The van der Waals surface area contributed by atoms with Gasteiger partial charge < -0.3 is 0 Å². The molecule has 0 spiro atoms. The summed E-state index contributed by atoms with van der Waals surface area (Å²) in [4.78, 5) is 0. The van der Waals surface area contributed by atoms with Crippen LogP contribution in [0.25, 0.3) is 0 Å². The molecule has 0 saturated carbocycles. The summed E-state index contributed by atoms with van der Waals surface area (Å²) in [6, 6.07) is -0.131. The summed E-state index contributed by atoms with van der Waals surface area (Å²) < 4.78 is 21.4. The molecule has 0 atom stereocenters. The van der Waals surface area contributed by atoms with E-state index in [9.17, 15) is 8.42 Å². The van der Waals surface area contributed by atoms with Gasteiger partial charge in [-0.05, 0) is 12.8 Å². The standard InChI is InChI=1S/C5H10NO2S/c6-5-1-3-9(7,8)4-2-5/h5-6H,1-4H2. The number of hydrogen-bond donors (Lipinski definition) is 0. The van der Waals surface area contributed by atoms with Gasteiger partial charge in [0.25, 0.3) is 0 Å². The molecule has 3 nitrogen and oxygen atoms in total. The number of sulfone groups is 1. The maximum atomic E-state index is 10.7. The monoisotopic (exact) mass is 148 g/mol. The van der Waals surface area contributed by atoms with Crippen LogP contribution in [0.1, 0.15) is 12.8 Å². The summed E-state index contributed by atoms with van der Waals surface area (Å²) in [6.07, 6.45) is 1.06. The van der Waals surface area contributed by atoms with Gasteiger partial charge in [-0.3, -0.25) is 5.73 Å². The molecule has 53 valence electrons. The second kappa shape index (κ2) is 2.27. The summed E-state index contributed by atoms with van der Waals surface area (Å²) in [7, 11) is -2.74. The molecule has 0 aromatic rings. The van der Waals surface area contributed by atoms with Crippen molar-refractivity contribution >= 4 is 9.84 Å². The molecule has 0 bridgehead atoms. The molecule has 0 unspecified atom stereocenters. The topological polar surface area (TPSA) is 57.9 Å². The highest BCUT2D eigenvalue weighted by Gasteiger charge is 2.20. The summed E-state index contributed by atoms with van der Waals surface area (Å²) >= 11 is 0. The molecule has 1 saturated heterocycles. The van der Waals surface area contributed by atoms with Crippen LogP contribution in [-0.4, -0.2) is 26.0 Å². The Morgan fingerprint density at radius 3 is 2.00 bits per heavy atom.